The first-order valence-corrected chi connectivity index (χ1v) is 21.3. The molecule has 0 saturated heterocycles. The average molecular weight is 782 g/mol. The second kappa shape index (κ2) is 15.3. The van der Waals surface area contributed by atoms with Crippen LogP contribution in [0.3, 0.4) is 0 Å². The Bertz CT molecular complexity index is 3290. The topological polar surface area (TPSA) is 3.24 Å². The zero-order valence-electron chi connectivity index (χ0n) is 32.9. The van der Waals surface area contributed by atoms with Crippen molar-refractivity contribution in [3.63, 3.8) is 0 Å². The number of nitrogens with zero attached hydrogens (tertiary/aromatic N) is 1. The van der Waals surface area contributed by atoms with Crippen molar-refractivity contribution < 1.29 is 0 Å². The van der Waals surface area contributed by atoms with Crippen LogP contribution in [0.1, 0.15) is 0 Å². The van der Waals surface area contributed by atoms with E-state index in [9.17, 15) is 0 Å². The molecule has 0 amide bonds. The minimum Gasteiger partial charge on any atom is -0.310 e. The molecular weight excluding hydrogens is 743 g/mol. The van der Waals surface area contributed by atoms with Gasteiger partial charge in [0.25, 0.3) is 0 Å². The van der Waals surface area contributed by atoms with E-state index in [-0.39, 0.29) is 0 Å². The number of hydrogen-bond donors (Lipinski definition) is 0. The molecule has 0 radical (unpaired) electrons. The van der Waals surface area contributed by atoms with Crippen LogP contribution < -0.4 is 4.90 Å². The number of rotatable bonds is 8. The maximum absolute atomic E-state index is 2.41. The summed E-state index contributed by atoms with van der Waals surface area (Å²) in [5.41, 5.74) is 15.4. The second-order valence-electron chi connectivity index (χ2n) is 15.3. The molecule has 0 spiro atoms. The van der Waals surface area contributed by atoms with Gasteiger partial charge >= 0.3 is 0 Å². The summed E-state index contributed by atoms with van der Waals surface area (Å²) in [6, 6.07) is 86.1. The number of benzene rings is 10. The molecule has 10 aromatic carbocycles. The largest absolute Gasteiger partial charge is 0.310 e. The third-order valence-corrected chi connectivity index (χ3v) is 12.8. The first-order chi connectivity index (χ1) is 29.7. The first-order valence-electron chi connectivity index (χ1n) is 20.5. The Kier molecular flexibility index (Phi) is 9.11. The van der Waals surface area contributed by atoms with Gasteiger partial charge in [0.1, 0.15) is 0 Å². The van der Waals surface area contributed by atoms with Gasteiger partial charge in [0.05, 0.1) is 5.69 Å². The fourth-order valence-corrected chi connectivity index (χ4v) is 9.80. The average Bonchev–Trinajstić information content (AvgIpc) is 3.70. The Morgan fingerprint density at radius 1 is 0.267 bits per heavy atom. The molecule has 282 valence electrons. The summed E-state index contributed by atoms with van der Waals surface area (Å²) in [7, 11) is 0. The van der Waals surface area contributed by atoms with Crippen molar-refractivity contribution in [3.05, 3.63) is 237 Å². The van der Waals surface area contributed by atoms with Crippen LogP contribution in [0, 0.1) is 0 Å². The number of thiophene rings is 1. The van der Waals surface area contributed by atoms with Crippen molar-refractivity contribution in [1.29, 1.82) is 0 Å². The molecule has 0 atom stereocenters. The zero-order valence-corrected chi connectivity index (χ0v) is 33.7. The monoisotopic (exact) mass is 781 g/mol. The van der Waals surface area contributed by atoms with E-state index in [0.717, 1.165) is 17.1 Å². The summed E-state index contributed by atoms with van der Waals surface area (Å²) >= 11 is 1.86. The molecule has 0 unspecified atom stereocenters. The summed E-state index contributed by atoms with van der Waals surface area (Å²) in [4.78, 5) is 2.41. The van der Waals surface area contributed by atoms with Crippen molar-refractivity contribution in [3.8, 4) is 55.6 Å². The Morgan fingerprint density at radius 3 is 1.45 bits per heavy atom. The van der Waals surface area contributed by atoms with E-state index in [1.165, 1.54) is 86.6 Å². The summed E-state index contributed by atoms with van der Waals surface area (Å²) in [5.74, 6) is 0. The molecule has 1 aromatic heterocycles. The fourth-order valence-electron chi connectivity index (χ4n) is 8.66. The third-order valence-electron chi connectivity index (χ3n) is 11.7. The van der Waals surface area contributed by atoms with Gasteiger partial charge in [0.2, 0.25) is 0 Å². The molecule has 11 rings (SSSR count). The summed E-state index contributed by atoms with van der Waals surface area (Å²) in [5, 5.41) is 5.12. The van der Waals surface area contributed by atoms with Crippen LogP contribution in [0.5, 0.6) is 0 Å². The SMILES string of the molecule is c1ccc(-c2ccc(-c3ccc(N(c4ccc(-c5ccccc5-c5ccc6ccccc6c5)cc4)c4ccccc4-c4ccc5c(c4)sc4ccccc45)cc3)cc2)cc1. The Hall–Kier alpha value is -7.52. The molecule has 0 aliphatic carbocycles. The van der Waals surface area contributed by atoms with Gasteiger partial charge < -0.3 is 4.90 Å². The third kappa shape index (κ3) is 6.63. The molecule has 60 heavy (non-hydrogen) atoms. The molecular formula is C58H39NS. The molecule has 0 aliphatic rings. The smallest absolute Gasteiger partial charge is 0.0540 e. The molecule has 0 bridgehead atoms. The highest BCUT2D eigenvalue weighted by Gasteiger charge is 2.19. The molecule has 0 saturated carbocycles. The number of anilines is 3. The lowest BCUT2D eigenvalue weighted by atomic mass is 9.93. The number of para-hydroxylation sites is 1. The van der Waals surface area contributed by atoms with E-state index in [1.54, 1.807) is 0 Å². The molecule has 1 nitrogen and oxygen atoms in total. The van der Waals surface area contributed by atoms with Crippen LogP contribution in [0.2, 0.25) is 0 Å². The van der Waals surface area contributed by atoms with Gasteiger partial charge in [0, 0.05) is 37.1 Å². The van der Waals surface area contributed by atoms with Gasteiger partial charge in [-0.1, -0.05) is 188 Å². The maximum atomic E-state index is 2.41. The van der Waals surface area contributed by atoms with Crippen molar-refractivity contribution in [2.24, 2.45) is 0 Å². The number of hydrogen-bond acceptors (Lipinski definition) is 2. The van der Waals surface area contributed by atoms with Crippen LogP contribution in [0.4, 0.5) is 17.1 Å². The van der Waals surface area contributed by atoms with Crippen molar-refractivity contribution >= 4 is 59.3 Å². The van der Waals surface area contributed by atoms with Crippen LogP contribution in [0.25, 0.3) is 86.6 Å². The standard InChI is InChI=1S/C58H39NS/c1-2-12-40(13-3-1)42-22-24-43(25-23-42)44-28-33-49(34-29-44)59(56-20-10-8-18-53(56)48-32-37-55-54-19-9-11-21-57(54)60-58(55)39-48)50-35-30-45(31-36-50)51-16-6-7-17-52(51)47-27-26-41-14-4-5-15-46(41)38-47/h1-39H. The molecule has 0 N–H and O–H groups in total. The minimum absolute atomic E-state index is 1.09. The molecule has 2 heteroatoms. The Morgan fingerprint density at radius 2 is 0.733 bits per heavy atom. The van der Waals surface area contributed by atoms with E-state index in [1.807, 2.05) is 11.3 Å². The van der Waals surface area contributed by atoms with E-state index < -0.39 is 0 Å². The zero-order chi connectivity index (χ0) is 39.8. The van der Waals surface area contributed by atoms with Crippen LogP contribution in [-0.4, -0.2) is 0 Å². The lowest BCUT2D eigenvalue weighted by molar-refractivity contribution is 1.28. The van der Waals surface area contributed by atoms with Crippen molar-refractivity contribution in [1.82, 2.24) is 0 Å². The predicted molar refractivity (Wildman–Crippen MR) is 259 cm³/mol. The molecule has 11 aromatic rings. The van der Waals surface area contributed by atoms with Crippen LogP contribution >= 0.6 is 11.3 Å². The van der Waals surface area contributed by atoms with Gasteiger partial charge in [-0.05, 0) is 109 Å². The van der Waals surface area contributed by atoms with Gasteiger partial charge in [-0.15, -0.1) is 11.3 Å². The minimum atomic E-state index is 1.09. The van der Waals surface area contributed by atoms with Gasteiger partial charge in [-0.3, -0.25) is 0 Å². The van der Waals surface area contributed by atoms with Gasteiger partial charge in [0.15, 0.2) is 0 Å². The Labute approximate surface area is 354 Å². The lowest BCUT2D eigenvalue weighted by Crippen LogP contribution is -2.11. The molecule has 0 fully saturated rings. The summed E-state index contributed by atoms with van der Waals surface area (Å²) < 4.78 is 2.61. The fraction of sp³-hybridized carbons (Fsp3) is 0. The highest BCUT2D eigenvalue weighted by molar-refractivity contribution is 7.25. The van der Waals surface area contributed by atoms with Crippen molar-refractivity contribution in [2.45, 2.75) is 0 Å². The van der Waals surface area contributed by atoms with Crippen molar-refractivity contribution in [2.75, 3.05) is 4.90 Å². The maximum Gasteiger partial charge on any atom is 0.0540 e. The summed E-state index contributed by atoms with van der Waals surface area (Å²) in [6.45, 7) is 0. The predicted octanol–water partition coefficient (Wildman–Crippen LogP) is 17.0. The first kappa shape index (κ1) is 35.6. The highest BCUT2D eigenvalue weighted by atomic mass is 32.1. The highest BCUT2D eigenvalue weighted by Crippen LogP contribution is 2.44. The normalized spacial score (nSPS) is 11.3. The van der Waals surface area contributed by atoms with E-state index in [4.69, 9.17) is 0 Å². The quantitative estimate of drug-likeness (QED) is 0.148. The lowest BCUT2D eigenvalue weighted by Gasteiger charge is -2.28. The molecule has 0 aliphatic heterocycles. The Balaban J connectivity index is 1.000. The second-order valence-corrected chi connectivity index (χ2v) is 16.4. The van der Waals surface area contributed by atoms with Gasteiger partial charge in [-0.25, -0.2) is 0 Å². The van der Waals surface area contributed by atoms with E-state index >= 15 is 0 Å². The molecule has 1 heterocycles. The van der Waals surface area contributed by atoms with Crippen LogP contribution in [0.15, 0.2) is 237 Å². The van der Waals surface area contributed by atoms with Crippen LogP contribution in [-0.2, 0) is 0 Å². The number of fused-ring (bicyclic) bond motifs is 4. The van der Waals surface area contributed by atoms with Gasteiger partial charge in [-0.2, -0.15) is 0 Å². The summed E-state index contributed by atoms with van der Waals surface area (Å²) in [6.07, 6.45) is 0. The van der Waals surface area contributed by atoms with E-state index in [2.05, 4.69) is 241 Å². The van der Waals surface area contributed by atoms with E-state index in [0.29, 0.717) is 0 Å².